The molecule has 1 aromatic carbocycles. The van der Waals surface area contributed by atoms with Crippen LogP contribution in [0.4, 0.5) is 5.69 Å². The average Bonchev–Trinajstić information content (AvgIpc) is 2.47. The summed E-state index contributed by atoms with van der Waals surface area (Å²) in [6.07, 6.45) is 0.476. The van der Waals surface area contributed by atoms with Gasteiger partial charge in [-0.25, -0.2) is 0 Å². The zero-order chi connectivity index (χ0) is 15.7. The fourth-order valence-corrected chi connectivity index (χ4v) is 1.96. The molecule has 2 N–H and O–H groups in total. The van der Waals surface area contributed by atoms with Crippen LogP contribution in [0, 0.1) is 0 Å². The van der Waals surface area contributed by atoms with Crippen LogP contribution in [0.2, 0.25) is 0 Å². The van der Waals surface area contributed by atoms with Crippen molar-refractivity contribution in [2.24, 2.45) is 0 Å². The summed E-state index contributed by atoms with van der Waals surface area (Å²) >= 11 is 0. The number of anilines is 1. The van der Waals surface area contributed by atoms with E-state index in [2.05, 4.69) is 46.7 Å². The molecular weight excluding hydrogens is 266 g/mol. The summed E-state index contributed by atoms with van der Waals surface area (Å²) in [6.45, 7) is 3.88. The molecule has 5 nitrogen and oxygen atoms in total. The van der Waals surface area contributed by atoms with Gasteiger partial charge in [0.1, 0.15) is 0 Å². The van der Waals surface area contributed by atoms with Crippen LogP contribution in [0.15, 0.2) is 24.3 Å². The van der Waals surface area contributed by atoms with Crippen LogP contribution in [0.3, 0.4) is 0 Å². The van der Waals surface area contributed by atoms with Crippen molar-refractivity contribution in [2.75, 3.05) is 45.8 Å². The quantitative estimate of drug-likeness (QED) is 0.678. The number of benzene rings is 1. The molecule has 5 heteroatoms. The monoisotopic (exact) mass is 293 g/mol. The van der Waals surface area contributed by atoms with Gasteiger partial charge >= 0.3 is 0 Å². The maximum atomic E-state index is 11.5. The van der Waals surface area contributed by atoms with Crippen molar-refractivity contribution < 1.29 is 9.53 Å². The molecule has 0 aliphatic rings. The highest BCUT2D eigenvalue weighted by Crippen LogP contribution is 2.17. The van der Waals surface area contributed by atoms with Gasteiger partial charge in [-0.2, -0.15) is 0 Å². The van der Waals surface area contributed by atoms with E-state index in [0.717, 1.165) is 0 Å². The smallest absolute Gasteiger partial charge is 0.221 e. The third-order valence-electron chi connectivity index (χ3n) is 3.34. The minimum Gasteiger partial charge on any atom is -0.383 e. The Balaban J connectivity index is 2.30. The molecule has 0 aliphatic heterocycles. The third kappa shape index (κ3) is 6.60. The maximum Gasteiger partial charge on any atom is 0.221 e. The van der Waals surface area contributed by atoms with Crippen LogP contribution >= 0.6 is 0 Å². The standard InChI is InChI=1S/C16H27N3O2/c1-13(14-5-7-15(8-6-14)19(2)3)17-10-9-16(20)18-11-12-21-4/h5-8,13,17H,9-12H2,1-4H3,(H,18,20). The summed E-state index contributed by atoms with van der Waals surface area (Å²) in [7, 11) is 5.68. The van der Waals surface area contributed by atoms with Crippen molar-refractivity contribution in [3.8, 4) is 0 Å². The third-order valence-corrected chi connectivity index (χ3v) is 3.34. The molecule has 21 heavy (non-hydrogen) atoms. The van der Waals surface area contributed by atoms with E-state index in [1.807, 2.05) is 14.1 Å². The Labute approximate surface area is 127 Å². The Morgan fingerprint density at radius 3 is 2.48 bits per heavy atom. The first-order valence-corrected chi connectivity index (χ1v) is 7.31. The molecule has 1 amide bonds. The van der Waals surface area contributed by atoms with E-state index in [1.54, 1.807) is 7.11 Å². The van der Waals surface area contributed by atoms with Crippen molar-refractivity contribution in [2.45, 2.75) is 19.4 Å². The molecule has 0 bridgehead atoms. The molecule has 0 radical (unpaired) electrons. The molecule has 0 saturated carbocycles. The summed E-state index contributed by atoms with van der Waals surface area (Å²) in [4.78, 5) is 13.6. The lowest BCUT2D eigenvalue weighted by molar-refractivity contribution is -0.121. The summed E-state index contributed by atoms with van der Waals surface area (Å²) in [5.74, 6) is 0.0507. The first-order chi connectivity index (χ1) is 10.0. The number of ether oxygens (including phenoxy) is 1. The maximum absolute atomic E-state index is 11.5. The van der Waals surface area contributed by atoms with E-state index in [4.69, 9.17) is 4.74 Å². The summed E-state index contributed by atoms with van der Waals surface area (Å²) in [5.41, 5.74) is 2.41. The van der Waals surface area contributed by atoms with Crippen molar-refractivity contribution in [3.63, 3.8) is 0 Å². The van der Waals surface area contributed by atoms with E-state index in [-0.39, 0.29) is 11.9 Å². The lowest BCUT2D eigenvalue weighted by Crippen LogP contribution is -2.30. The molecule has 0 spiro atoms. The first kappa shape index (κ1) is 17.5. The van der Waals surface area contributed by atoms with E-state index >= 15 is 0 Å². The summed E-state index contributed by atoms with van der Waals surface area (Å²) in [5, 5.41) is 6.17. The average molecular weight is 293 g/mol. The van der Waals surface area contributed by atoms with Gasteiger partial charge in [0.15, 0.2) is 0 Å². The predicted molar refractivity (Wildman–Crippen MR) is 86.7 cm³/mol. The van der Waals surface area contributed by atoms with Gasteiger partial charge in [-0.05, 0) is 24.6 Å². The minimum atomic E-state index is 0.0507. The number of hydrogen-bond acceptors (Lipinski definition) is 4. The van der Waals surface area contributed by atoms with Gasteiger partial charge < -0.3 is 20.3 Å². The highest BCUT2D eigenvalue weighted by Gasteiger charge is 2.06. The Morgan fingerprint density at radius 1 is 1.24 bits per heavy atom. The molecule has 0 fully saturated rings. The van der Waals surface area contributed by atoms with Crippen LogP contribution in [-0.2, 0) is 9.53 Å². The number of nitrogens with zero attached hydrogens (tertiary/aromatic N) is 1. The van der Waals surface area contributed by atoms with E-state index < -0.39 is 0 Å². The van der Waals surface area contributed by atoms with Crippen molar-refractivity contribution in [1.29, 1.82) is 0 Å². The fraction of sp³-hybridized carbons (Fsp3) is 0.562. The number of rotatable bonds is 9. The molecule has 118 valence electrons. The van der Waals surface area contributed by atoms with Gasteiger partial charge in [0.25, 0.3) is 0 Å². The van der Waals surface area contributed by atoms with E-state index in [1.165, 1.54) is 11.3 Å². The second kappa shape index (κ2) is 9.37. The van der Waals surface area contributed by atoms with Crippen LogP contribution in [0.1, 0.15) is 24.9 Å². The van der Waals surface area contributed by atoms with Gasteiger partial charge in [0.2, 0.25) is 5.91 Å². The number of hydrogen-bond donors (Lipinski definition) is 2. The molecule has 0 heterocycles. The molecule has 1 atom stereocenters. The number of carbonyl (C=O) groups excluding carboxylic acids is 1. The fourth-order valence-electron chi connectivity index (χ4n) is 1.96. The Morgan fingerprint density at radius 2 is 1.90 bits per heavy atom. The lowest BCUT2D eigenvalue weighted by atomic mass is 10.1. The normalized spacial score (nSPS) is 12.0. The molecule has 1 rings (SSSR count). The number of nitrogens with one attached hydrogen (secondary N) is 2. The largest absolute Gasteiger partial charge is 0.383 e. The number of methoxy groups -OCH3 is 1. The Hall–Kier alpha value is -1.59. The molecular formula is C16H27N3O2. The Bertz CT molecular complexity index is 418. The molecule has 1 unspecified atom stereocenters. The van der Waals surface area contributed by atoms with Gasteiger partial charge in [0.05, 0.1) is 6.61 Å². The van der Waals surface area contributed by atoms with Crippen molar-refractivity contribution >= 4 is 11.6 Å². The molecule has 0 aliphatic carbocycles. The highest BCUT2D eigenvalue weighted by molar-refractivity contribution is 5.76. The van der Waals surface area contributed by atoms with E-state index in [0.29, 0.717) is 26.1 Å². The summed E-state index contributed by atoms with van der Waals surface area (Å²) < 4.78 is 4.89. The van der Waals surface area contributed by atoms with Gasteiger partial charge in [-0.15, -0.1) is 0 Å². The van der Waals surface area contributed by atoms with Gasteiger partial charge in [-0.3, -0.25) is 4.79 Å². The van der Waals surface area contributed by atoms with Crippen LogP contribution < -0.4 is 15.5 Å². The molecule has 1 aromatic rings. The zero-order valence-electron chi connectivity index (χ0n) is 13.5. The lowest BCUT2D eigenvalue weighted by Gasteiger charge is -2.17. The van der Waals surface area contributed by atoms with Crippen LogP contribution in [-0.4, -0.2) is 46.8 Å². The Kier molecular flexibility index (Phi) is 7.79. The second-order valence-corrected chi connectivity index (χ2v) is 5.25. The molecule has 0 aromatic heterocycles. The van der Waals surface area contributed by atoms with E-state index in [9.17, 15) is 4.79 Å². The van der Waals surface area contributed by atoms with Crippen LogP contribution in [0.25, 0.3) is 0 Å². The number of amides is 1. The summed E-state index contributed by atoms with van der Waals surface area (Å²) in [6, 6.07) is 8.67. The number of carbonyl (C=O) groups is 1. The van der Waals surface area contributed by atoms with Crippen molar-refractivity contribution in [3.05, 3.63) is 29.8 Å². The first-order valence-electron chi connectivity index (χ1n) is 7.31. The molecule has 0 saturated heterocycles. The second-order valence-electron chi connectivity index (χ2n) is 5.25. The van der Waals surface area contributed by atoms with Crippen molar-refractivity contribution in [1.82, 2.24) is 10.6 Å². The van der Waals surface area contributed by atoms with Crippen LogP contribution in [0.5, 0.6) is 0 Å². The highest BCUT2D eigenvalue weighted by atomic mass is 16.5. The minimum absolute atomic E-state index is 0.0507. The van der Waals surface area contributed by atoms with Gasteiger partial charge in [-0.1, -0.05) is 12.1 Å². The predicted octanol–water partition coefficient (Wildman–Crippen LogP) is 1.56. The van der Waals surface area contributed by atoms with Gasteiger partial charge in [0, 0.05) is 52.4 Å². The SMILES string of the molecule is COCCNC(=O)CCNC(C)c1ccc(N(C)C)cc1. The topological polar surface area (TPSA) is 53.6 Å². The zero-order valence-corrected chi connectivity index (χ0v) is 13.5.